The average molecular weight is 372 g/mol. The lowest BCUT2D eigenvalue weighted by atomic mass is 9.96. The first-order valence-corrected chi connectivity index (χ1v) is 8.95. The second-order valence-electron chi connectivity index (χ2n) is 6.54. The fourth-order valence-corrected chi connectivity index (χ4v) is 2.69. The van der Waals surface area contributed by atoms with Gasteiger partial charge in [0.1, 0.15) is 11.9 Å². The van der Waals surface area contributed by atoms with Crippen LogP contribution in [0.5, 0.6) is 0 Å². The third-order valence-corrected chi connectivity index (χ3v) is 4.01. The molecule has 0 saturated carbocycles. The second-order valence-corrected chi connectivity index (χ2v) is 6.54. The fourth-order valence-electron chi connectivity index (χ4n) is 2.69. The number of esters is 1. The van der Waals surface area contributed by atoms with Crippen LogP contribution in [0.3, 0.4) is 0 Å². The predicted molar refractivity (Wildman–Crippen MR) is 103 cm³/mol. The van der Waals surface area contributed by atoms with E-state index in [4.69, 9.17) is 10.5 Å². The molecule has 0 fully saturated rings. The van der Waals surface area contributed by atoms with Crippen molar-refractivity contribution >= 4 is 11.9 Å². The number of ether oxygens (including phenoxy) is 1. The van der Waals surface area contributed by atoms with Crippen LogP contribution in [0.2, 0.25) is 0 Å². The van der Waals surface area contributed by atoms with Gasteiger partial charge in [0.15, 0.2) is 0 Å². The van der Waals surface area contributed by atoms with Crippen LogP contribution in [0.4, 0.5) is 4.39 Å². The van der Waals surface area contributed by atoms with Crippen molar-refractivity contribution in [2.45, 2.75) is 39.3 Å². The summed E-state index contributed by atoms with van der Waals surface area (Å²) in [7, 11) is 0. The van der Waals surface area contributed by atoms with Gasteiger partial charge in [0.2, 0.25) is 0 Å². The van der Waals surface area contributed by atoms with Crippen molar-refractivity contribution < 1.29 is 18.7 Å². The summed E-state index contributed by atoms with van der Waals surface area (Å²) < 4.78 is 19.1. The maximum Gasteiger partial charge on any atom is 0.325 e. The van der Waals surface area contributed by atoms with Crippen molar-refractivity contribution in [3.8, 4) is 11.1 Å². The number of aryl methyl sites for hydroxylation is 1. The highest BCUT2D eigenvalue weighted by atomic mass is 19.1. The normalized spacial score (nSPS) is 11.9. The highest BCUT2D eigenvalue weighted by Crippen LogP contribution is 2.26. The quantitative estimate of drug-likeness (QED) is 0.732. The Morgan fingerprint density at radius 1 is 1.19 bits per heavy atom. The number of hydrogen-bond donors (Lipinski definition) is 2. The van der Waals surface area contributed by atoms with Gasteiger partial charge in [0, 0.05) is 12.1 Å². The highest BCUT2D eigenvalue weighted by molar-refractivity contribution is 5.96. The molecule has 0 aliphatic heterocycles. The molecule has 0 radical (unpaired) electrons. The van der Waals surface area contributed by atoms with Gasteiger partial charge in [-0.05, 0) is 55.2 Å². The van der Waals surface area contributed by atoms with Gasteiger partial charge in [-0.3, -0.25) is 9.59 Å². The standard InChI is InChI=1S/C21H25FN2O3/c1-4-14-7-5-6-8-18(14)15-9-16(11-17(22)10-15)20(25)24-12-19(23)21(26)27-13(2)3/h5-11,13,19H,4,12,23H2,1-3H3,(H,24,25)/t19-/m1/s1. The van der Waals surface area contributed by atoms with Crippen LogP contribution in [0, 0.1) is 5.82 Å². The van der Waals surface area contributed by atoms with Crippen molar-refractivity contribution in [3.05, 3.63) is 59.4 Å². The van der Waals surface area contributed by atoms with E-state index in [2.05, 4.69) is 5.32 Å². The molecule has 5 nitrogen and oxygen atoms in total. The van der Waals surface area contributed by atoms with E-state index in [1.807, 2.05) is 31.2 Å². The summed E-state index contributed by atoms with van der Waals surface area (Å²) in [6, 6.07) is 10.9. The Bertz CT molecular complexity index is 821. The summed E-state index contributed by atoms with van der Waals surface area (Å²) in [6.45, 7) is 5.35. The van der Waals surface area contributed by atoms with E-state index in [0.717, 1.165) is 23.6 Å². The van der Waals surface area contributed by atoms with Crippen molar-refractivity contribution in [1.29, 1.82) is 0 Å². The van der Waals surface area contributed by atoms with Gasteiger partial charge in [0.25, 0.3) is 5.91 Å². The van der Waals surface area contributed by atoms with Crippen LogP contribution < -0.4 is 11.1 Å². The molecule has 0 heterocycles. The lowest BCUT2D eigenvalue weighted by Crippen LogP contribution is -2.44. The number of carbonyl (C=O) groups is 2. The van der Waals surface area contributed by atoms with Crippen LogP contribution in [0.15, 0.2) is 42.5 Å². The predicted octanol–water partition coefficient (Wildman–Crippen LogP) is 3.06. The summed E-state index contributed by atoms with van der Waals surface area (Å²) in [4.78, 5) is 24.1. The summed E-state index contributed by atoms with van der Waals surface area (Å²) in [5.41, 5.74) is 8.45. The van der Waals surface area contributed by atoms with Crippen LogP contribution in [0.25, 0.3) is 11.1 Å². The minimum absolute atomic E-state index is 0.0955. The molecule has 2 aromatic rings. The molecule has 0 spiro atoms. The Labute approximate surface area is 158 Å². The molecule has 0 aliphatic carbocycles. The van der Waals surface area contributed by atoms with E-state index in [-0.39, 0.29) is 18.2 Å². The third kappa shape index (κ3) is 5.62. The van der Waals surface area contributed by atoms with Gasteiger partial charge in [-0.2, -0.15) is 0 Å². The molecule has 2 rings (SSSR count). The summed E-state index contributed by atoms with van der Waals surface area (Å²) in [5.74, 6) is -1.60. The topological polar surface area (TPSA) is 81.4 Å². The van der Waals surface area contributed by atoms with Gasteiger partial charge in [-0.1, -0.05) is 31.2 Å². The van der Waals surface area contributed by atoms with Crippen molar-refractivity contribution in [2.24, 2.45) is 5.73 Å². The van der Waals surface area contributed by atoms with Crippen LogP contribution in [0.1, 0.15) is 36.7 Å². The number of halogens is 1. The molecular formula is C21H25FN2O3. The first-order chi connectivity index (χ1) is 12.8. The molecule has 27 heavy (non-hydrogen) atoms. The molecular weight excluding hydrogens is 347 g/mol. The van der Waals surface area contributed by atoms with Gasteiger partial charge >= 0.3 is 5.97 Å². The van der Waals surface area contributed by atoms with Crippen molar-refractivity contribution in [3.63, 3.8) is 0 Å². The van der Waals surface area contributed by atoms with E-state index < -0.39 is 23.7 Å². The zero-order valence-corrected chi connectivity index (χ0v) is 15.8. The number of nitrogens with two attached hydrogens (primary N) is 1. The van der Waals surface area contributed by atoms with Gasteiger partial charge in [0.05, 0.1) is 6.10 Å². The second kappa shape index (κ2) is 9.28. The van der Waals surface area contributed by atoms with Crippen molar-refractivity contribution in [2.75, 3.05) is 6.54 Å². The molecule has 0 saturated heterocycles. The Hall–Kier alpha value is -2.73. The molecule has 0 aromatic heterocycles. The maximum absolute atomic E-state index is 14.1. The number of benzene rings is 2. The van der Waals surface area contributed by atoms with Gasteiger partial charge in [-0.25, -0.2) is 4.39 Å². The average Bonchev–Trinajstić information content (AvgIpc) is 2.64. The molecule has 1 amide bonds. The Morgan fingerprint density at radius 2 is 1.89 bits per heavy atom. The van der Waals surface area contributed by atoms with Gasteiger partial charge < -0.3 is 15.8 Å². The molecule has 0 bridgehead atoms. The van der Waals surface area contributed by atoms with E-state index in [0.29, 0.717) is 5.56 Å². The van der Waals surface area contributed by atoms with E-state index in [9.17, 15) is 14.0 Å². The zero-order valence-electron chi connectivity index (χ0n) is 15.8. The zero-order chi connectivity index (χ0) is 20.0. The highest BCUT2D eigenvalue weighted by Gasteiger charge is 2.18. The first-order valence-electron chi connectivity index (χ1n) is 8.95. The molecule has 0 unspecified atom stereocenters. The summed E-state index contributed by atoms with van der Waals surface area (Å²) in [5, 5.41) is 2.56. The Balaban J connectivity index is 2.16. The van der Waals surface area contributed by atoms with E-state index in [1.54, 1.807) is 19.9 Å². The minimum Gasteiger partial charge on any atom is -0.462 e. The molecule has 0 aliphatic rings. The van der Waals surface area contributed by atoms with Crippen LogP contribution in [-0.4, -0.2) is 30.6 Å². The van der Waals surface area contributed by atoms with E-state index in [1.165, 1.54) is 6.07 Å². The summed E-state index contributed by atoms with van der Waals surface area (Å²) >= 11 is 0. The number of rotatable bonds is 7. The van der Waals surface area contributed by atoms with E-state index >= 15 is 0 Å². The van der Waals surface area contributed by atoms with Gasteiger partial charge in [-0.15, -0.1) is 0 Å². The first kappa shape index (κ1) is 20.6. The monoisotopic (exact) mass is 372 g/mol. The number of carbonyl (C=O) groups excluding carboxylic acids is 2. The maximum atomic E-state index is 14.1. The number of nitrogens with one attached hydrogen (secondary N) is 1. The molecule has 1 atom stereocenters. The number of hydrogen-bond acceptors (Lipinski definition) is 4. The molecule has 144 valence electrons. The minimum atomic E-state index is -0.981. The molecule has 3 N–H and O–H groups in total. The van der Waals surface area contributed by atoms with Crippen LogP contribution >= 0.6 is 0 Å². The third-order valence-electron chi connectivity index (χ3n) is 4.01. The Morgan fingerprint density at radius 3 is 2.56 bits per heavy atom. The van der Waals surface area contributed by atoms with Crippen LogP contribution in [-0.2, 0) is 16.0 Å². The smallest absolute Gasteiger partial charge is 0.325 e. The summed E-state index contributed by atoms with van der Waals surface area (Å²) in [6.07, 6.45) is 0.504. The Kier molecular flexibility index (Phi) is 7.07. The fraction of sp³-hybridized carbons (Fsp3) is 0.333. The van der Waals surface area contributed by atoms with Crippen molar-refractivity contribution in [1.82, 2.24) is 5.32 Å². The lowest BCUT2D eigenvalue weighted by Gasteiger charge is -2.15. The molecule has 6 heteroatoms. The largest absolute Gasteiger partial charge is 0.462 e. The lowest BCUT2D eigenvalue weighted by molar-refractivity contribution is -0.148. The molecule has 2 aromatic carbocycles. The number of amides is 1. The SMILES string of the molecule is CCc1ccccc1-c1cc(F)cc(C(=O)NC[C@@H](N)C(=O)OC(C)C)c1.